The minimum absolute atomic E-state index is 0.106. The van der Waals surface area contributed by atoms with Gasteiger partial charge in [-0.1, -0.05) is 41.4 Å². The van der Waals surface area contributed by atoms with E-state index in [1.165, 1.54) is 34.4 Å². The van der Waals surface area contributed by atoms with E-state index in [2.05, 4.69) is 20.5 Å². The number of rotatable bonds is 7. The van der Waals surface area contributed by atoms with E-state index in [1.807, 2.05) is 32.0 Å². The lowest BCUT2D eigenvalue weighted by molar-refractivity contribution is -0.115. The van der Waals surface area contributed by atoms with Gasteiger partial charge in [0.2, 0.25) is 11.0 Å². The summed E-state index contributed by atoms with van der Waals surface area (Å²) in [6.07, 6.45) is 0.662. The molecule has 10 heteroatoms. The molecule has 7 nitrogen and oxygen atoms in total. The lowest BCUT2D eigenvalue weighted by Gasteiger charge is -2.11. The Kier molecular flexibility index (Phi) is 5.71. The number of hydrogen-bond donors (Lipinski definition) is 2. The highest BCUT2D eigenvalue weighted by atomic mass is 32.2. The first kappa shape index (κ1) is 17.9. The number of carbonyl (C=O) groups is 1. The van der Waals surface area contributed by atoms with Gasteiger partial charge in [0.1, 0.15) is 5.75 Å². The maximum absolute atomic E-state index is 12.5. The van der Waals surface area contributed by atoms with Crippen molar-refractivity contribution >= 4 is 60.8 Å². The predicted octanol–water partition coefficient (Wildman–Crippen LogP) is 3.64. The fourth-order valence-electron chi connectivity index (χ4n) is 2.11. The topological polar surface area (TPSA) is 103 Å². The molecule has 0 aliphatic rings. The van der Waals surface area contributed by atoms with Gasteiger partial charge in [-0.25, -0.2) is 4.98 Å². The molecule has 25 heavy (non-hydrogen) atoms. The summed E-state index contributed by atoms with van der Waals surface area (Å²) in [4.78, 5) is 17.0. The van der Waals surface area contributed by atoms with Crippen LogP contribution < -0.4 is 15.8 Å². The van der Waals surface area contributed by atoms with Gasteiger partial charge in [0.15, 0.2) is 9.47 Å². The number of anilines is 2. The third-order valence-electron chi connectivity index (χ3n) is 3.23. The van der Waals surface area contributed by atoms with Crippen LogP contribution in [0.5, 0.6) is 5.75 Å². The SMILES string of the molecule is CCOc1ccc2nc(NC(=O)[C@H](CC)Sc3nnc(N)s3)sc2c1. The highest BCUT2D eigenvalue weighted by Gasteiger charge is 2.21. The standard InChI is InChI=1S/C15H17N5O2S3/c1-3-10(24-15-20-19-13(16)25-15)12(21)18-14-17-9-6-5-8(22-4-2)7-11(9)23-14/h5-7,10H,3-4H2,1-2H3,(H2,16,19)(H,17,18,21)/t10-/m0/s1. The summed E-state index contributed by atoms with van der Waals surface area (Å²) >= 11 is 4.07. The second-order valence-electron chi connectivity index (χ2n) is 4.99. The predicted molar refractivity (Wildman–Crippen MR) is 104 cm³/mol. The molecule has 0 fully saturated rings. The number of nitrogen functional groups attached to an aromatic ring is 1. The number of ether oxygens (including phenoxy) is 1. The van der Waals surface area contributed by atoms with Crippen molar-refractivity contribution in [2.45, 2.75) is 29.9 Å². The second kappa shape index (κ2) is 7.98. The smallest absolute Gasteiger partial charge is 0.239 e. The quantitative estimate of drug-likeness (QED) is 0.589. The first-order valence-electron chi connectivity index (χ1n) is 7.69. The monoisotopic (exact) mass is 395 g/mol. The molecule has 0 radical (unpaired) electrons. The van der Waals surface area contributed by atoms with E-state index in [1.54, 1.807) is 0 Å². The van der Waals surface area contributed by atoms with Gasteiger partial charge in [-0.15, -0.1) is 10.2 Å². The van der Waals surface area contributed by atoms with Crippen LogP contribution in [0.15, 0.2) is 22.5 Å². The van der Waals surface area contributed by atoms with Gasteiger partial charge < -0.3 is 15.8 Å². The van der Waals surface area contributed by atoms with Gasteiger partial charge in [-0.05, 0) is 31.5 Å². The Morgan fingerprint density at radius 3 is 2.88 bits per heavy atom. The van der Waals surface area contributed by atoms with Gasteiger partial charge in [0.05, 0.1) is 22.1 Å². The molecule has 3 rings (SSSR count). The number of carbonyl (C=O) groups excluding carboxylic acids is 1. The van der Waals surface area contributed by atoms with Crippen molar-refractivity contribution in [3.8, 4) is 5.75 Å². The molecule has 0 bridgehead atoms. The molecule has 1 atom stereocenters. The summed E-state index contributed by atoms with van der Waals surface area (Å²) in [7, 11) is 0. The minimum Gasteiger partial charge on any atom is -0.494 e. The summed E-state index contributed by atoms with van der Waals surface area (Å²) in [5.41, 5.74) is 6.42. The van der Waals surface area contributed by atoms with Gasteiger partial charge in [0.25, 0.3) is 0 Å². The summed E-state index contributed by atoms with van der Waals surface area (Å²) in [5, 5.41) is 11.3. The zero-order valence-corrected chi connectivity index (χ0v) is 16.1. The van der Waals surface area contributed by atoms with Gasteiger partial charge in [-0.2, -0.15) is 0 Å². The van der Waals surface area contributed by atoms with Gasteiger partial charge in [0, 0.05) is 0 Å². The number of fused-ring (bicyclic) bond motifs is 1. The number of amides is 1. The molecular weight excluding hydrogens is 378 g/mol. The molecule has 132 valence electrons. The first-order valence-corrected chi connectivity index (χ1v) is 10.2. The molecule has 0 aliphatic heterocycles. The molecule has 3 N–H and O–H groups in total. The number of thioether (sulfide) groups is 1. The van der Waals surface area contributed by atoms with Crippen LogP contribution in [0.1, 0.15) is 20.3 Å². The zero-order valence-electron chi connectivity index (χ0n) is 13.7. The molecular formula is C15H17N5O2S3. The van der Waals surface area contributed by atoms with E-state index in [-0.39, 0.29) is 11.2 Å². The summed E-state index contributed by atoms with van der Waals surface area (Å²) in [5.74, 6) is 0.692. The molecule has 0 spiro atoms. The Hall–Kier alpha value is -1.91. The molecule has 2 heterocycles. The molecule has 0 saturated carbocycles. The lowest BCUT2D eigenvalue weighted by atomic mass is 10.3. The van der Waals surface area contributed by atoms with Crippen molar-refractivity contribution < 1.29 is 9.53 Å². The normalized spacial score (nSPS) is 12.2. The average Bonchev–Trinajstić information content (AvgIpc) is 3.17. The van der Waals surface area contributed by atoms with E-state index in [4.69, 9.17) is 10.5 Å². The van der Waals surface area contributed by atoms with Crippen molar-refractivity contribution in [2.24, 2.45) is 0 Å². The number of nitrogens with two attached hydrogens (primary N) is 1. The third kappa shape index (κ3) is 4.39. The Morgan fingerprint density at radius 2 is 2.20 bits per heavy atom. The summed E-state index contributed by atoms with van der Waals surface area (Å²) in [6.45, 7) is 4.50. The van der Waals surface area contributed by atoms with E-state index < -0.39 is 0 Å². The van der Waals surface area contributed by atoms with E-state index in [0.29, 0.717) is 27.6 Å². The van der Waals surface area contributed by atoms with Crippen molar-refractivity contribution in [2.75, 3.05) is 17.7 Å². The van der Waals surface area contributed by atoms with Crippen LogP contribution in [-0.4, -0.2) is 32.9 Å². The average molecular weight is 396 g/mol. The van der Waals surface area contributed by atoms with Crippen molar-refractivity contribution in [1.29, 1.82) is 0 Å². The molecule has 1 amide bonds. The lowest BCUT2D eigenvalue weighted by Crippen LogP contribution is -2.24. The number of hydrogen-bond acceptors (Lipinski definition) is 9. The summed E-state index contributed by atoms with van der Waals surface area (Å²) < 4.78 is 7.15. The maximum atomic E-state index is 12.5. The number of nitrogens with one attached hydrogen (secondary N) is 1. The Morgan fingerprint density at radius 1 is 1.36 bits per heavy atom. The fraction of sp³-hybridized carbons (Fsp3) is 0.333. The number of nitrogens with zero attached hydrogens (tertiary/aromatic N) is 3. The number of aromatic nitrogens is 3. The van der Waals surface area contributed by atoms with Crippen LogP contribution >= 0.6 is 34.4 Å². The van der Waals surface area contributed by atoms with Crippen LogP contribution in [0.25, 0.3) is 10.2 Å². The maximum Gasteiger partial charge on any atom is 0.239 e. The number of thiazole rings is 1. The highest BCUT2D eigenvalue weighted by molar-refractivity contribution is 8.02. The van der Waals surface area contributed by atoms with E-state index in [9.17, 15) is 4.79 Å². The van der Waals surface area contributed by atoms with Crippen LogP contribution in [-0.2, 0) is 4.79 Å². The Labute approximate surface area is 157 Å². The molecule has 0 unspecified atom stereocenters. The van der Waals surface area contributed by atoms with E-state index >= 15 is 0 Å². The van der Waals surface area contributed by atoms with Crippen LogP contribution in [0.3, 0.4) is 0 Å². The minimum atomic E-state index is -0.279. The Balaban J connectivity index is 1.71. The molecule has 0 aliphatic carbocycles. The van der Waals surface area contributed by atoms with Crippen molar-refractivity contribution in [3.05, 3.63) is 18.2 Å². The Bertz CT molecular complexity index is 879. The first-order chi connectivity index (χ1) is 12.1. The van der Waals surface area contributed by atoms with Crippen LogP contribution in [0.4, 0.5) is 10.3 Å². The fourth-order valence-corrected chi connectivity index (χ4v) is 4.81. The largest absolute Gasteiger partial charge is 0.494 e. The van der Waals surface area contributed by atoms with Gasteiger partial charge >= 0.3 is 0 Å². The molecule has 0 saturated heterocycles. The van der Waals surface area contributed by atoms with Crippen molar-refractivity contribution in [3.63, 3.8) is 0 Å². The summed E-state index contributed by atoms with van der Waals surface area (Å²) in [6, 6.07) is 5.70. The van der Waals surface area contributed by atoms with Crippen LogP contribution in [0.2, 0.25) is 0 Å². The van der Waals surface area contributed by atoms with Gasteiger partial charge in [-0.3, -0.25) is 4.79 Å². The van der Waals surface area contributed by atoms with Crippen LogP contribution in [0, 0.1) is 0 Å². The zero-order chi connectivity index (χ0) is 17.8. The highest BCUT2D eigenvalue weighted by Crippen LogP contribution is 2.32. The molecule has 1 aromatic carbocycles. The third-order valence-corrected chi connectivity index (χ3v) is 6.36. The molecule has 3 aromatic rings. The van der Waals surface area contributed by atoms with E-state index in [0.717, 1.165) is 16.0 Å². The number of benzene rings is 1. The molecule has 2 aromatic heterocycles. The van der Waals surface area contributed by atoms with Crippen molar-refractivity contribution in [1.82, 2.24) is 15.2 Å². The second-order valence-corrected chi connectivity index (χ2v) is 8.48.